The molecule has 4 nitrogen and oxygen atoms in total. The van der Waals surface area contributed by atoms with Gasteiger partial charge in [-0.05, 0) is 23.3 Å². The minimum atomic E-state index is -0.123. The third-order valence-corrected chi connectivity index (χ3v) is 3.56. The van der Waals surface area contributed by atoms with Gasteiger partial charge in [-0.3, -0.25) is 0 Å². The molecule has 92 valence electrons. The molecule has 0 saturated carbocycles. The van der Waals surface area contributed by atoms with Crippen LogP contribution in [0.2, 0.25) is 0 Å². The fourth-order valence-electron chi connectivity index (χ4n) is 2.58. The number of aliphatic hydroxyl groups is 1. The van der Waals surface area contributed by atoms with Crippen LogP contribution in [0.4, 0.5) is 5.69 Å². The zero-order valence-corrected chi connectivity index (χ0v) is 9.85. The topological polar surface area (TPSA) is 44.7 Å². The van der Waals surface area contributed by atoms with Gasteiger partial charge in [-0.1, -0.05) is 6.07 Å². The number of piperazine rings is 1. The van der Waals surface area contributed by atoms with E-state index < -0.39 is 0 Å². The fourth-order valence-corrected chi connectivity index (χ4v) is 2.58. The van der Waals surface area contributed by atoms with Crippen LogP contribution in [0, 0.1) is 0 Å². The Morgan fingerprint density at radius 1 is 1.35 bits per heavy atom. The smallest absolute Gasteiger partial charge is 0.106 e. The zero-order chi connectivity index (χ0) is 11.7. The molecule has 1 aromatic rings. The van der Waals surface area contributed by atoms with Gasteiger partial charge in [0.05, 0.1) is 13.2 Å². The molecular weight excluding hydrogens is 216 g/mol. The Labute approximate surface area is 101 Å². The highest BCUT2D eigenvalue weighted by molar-refractivity contribution is 5.52. The van der Waals surface area contributed by atoms with E-state index in [2.05, 4.69) is 28.4 Å². The Bertz CT molecular complexity index is 402. The van der Waals surface area contributed by atoms with Crippen molar-refractivity contribution in [3.8, 4) is 0 Å². The summed E-state index contributed by atoms with van der Waals surface area (Å²) in [6, 6.07) is 6.44. The van der Waals surface area contributed by atoms with Gasteiger partial charge >= 0.3 is 0 Å². The maximum Gasteiger partial charge on any atom is 0.106 e. The van der Waals surface area contributed by atoms with E-state index in [-0.39, 0.29) is 12.7 Å². The Hall–Kier alpha value is -1.10. The number of ether oxygens (including phenoxy) is 1. The number of hydrogen-bond donors (Lipinski definition) is 2. The van der Waals surface area contributed by atoms with Crippen molar-refractivity contribution in [2.75, 3.05) is 37.7 Å². The summed E-state index contributed by atoms with van der Waals surface area (Å²) in [6.45, 7) is 4.91. The summed E-state index contributed by atoms with van der Waals surface area (Å²) in [5, 5.41) is 12.5. The largest absolute Gasteiger partial charge is 0.393 e. The lowest BCUT2D eigenvalue weighted by Gasteiger charge is -2.29. The summed E-state index contributed by atoms with van der Waals surface area (Å²) in [4.78, 5) is 2.39. The Morgan fingerprint density at radius 3 is 2.94 bits per heavy atom. The summed E-state index contributed by atoms with van der Waals surface area (Å²) in [5.74, 6) is 0. The number of hydrogen-bond acceptors (Lipinski definition) is 4. The Balaban J connectivity index is 1.84. The second-order valence-electron chi connectivity index (χ2n) is 4.60. The summed E-state index contributed by atoms with van der Waals surface area (Å²) >= 11 is 0. The van der Waals surface area contributed by atoms with E-state index in [0.29, 0.717) is 6.61 Å². The zero-order valence-electron chi connectivity index (χ0n) is 9.85. The van der Waals surface area contributed by atoms with E-state index in [1.807, 2.05) is 0 Å². The van der Waals surface area contributed by atoms with Crippen molar-refractivity contribution in [3.63, 3.8) is 0 Å². The molecule has 0 amide bonds. The predicted octanol–water partition coefficient (Wildman–Crippen LogP) is 0.660. The molecule has 2 N–H and O–H groups in total. The van der Waals surface area contributed by atoms with Gasteiger partial charge in [0.15, 0.2) is 0 Å². The lowest BCUT2D eigenvalue weighted by Crippen LogP contribution is -2.43. The summed E-state index contributed by atoms with van der Waals surface area (Å²) in [7, 11) is 0. The highest BCUT2D eigenvalue weighted by atomic mass is 16.5. The van der Waals surface area contributed by atoms with Gasteiger partial charge in [-0.25, -0.2) is 0 Å². The van der Waals surface area contributed by atoms with Crippen LogP contribution < -0.4 is 10.2 Å². The fraction of sp³-hybridized carbons (Fsp3) is 0.538. The van der Waals surface area contributed by atoms with Gasteiger partial charge < -0.3 is 20.1 Å². The molecule has 2 aliphatic rings. The monoisotopic (exact) mass is 234 g/mol. The molecule has 1 atom stereocenters. The lowest BCUT2D eigenvalue weighted by atomic mass is 10.0. The van der Waals surface area contributed by atoms with Gasteiger partial charge in [0, 0.05) is 31.9 Å². The second-order valence-corrected chi connectivity index (χ2v) is 4.60. The van der Waals surface area contributed by atoms with Crippen LogP contribution in [0.15, 0.2) is 18.2 Å². The van der Waals surface area contributed by atoms with Crippen molar-refractivity contribution in [1.29, 1.82) is 0 Å². The molecular formula is C13H18N2O2. The first-order valence-electron chi connectivity index (χ1n) is 6.19. The highest BCUT2D eigenvalue weighted by Gasteiger charge is 2.23. The first-order chi connectivity index (χ1) is 8.38. The van der Waals surface area contributed by atoms with Gasteiger partial charge in [-0.15, -0.1) is 0 Å². The molecule has 1 saturated heterocycles. The average Bonchev–Trinajstić information content (AvgIpc) is 2.81. The number of rotatable bonds is 2. The number of aliphatic hydroxyl groups excluding tert-OH is 1. The molecule has 3 rings (SSSR count). The Morgan fingerprint density at radius 2 is 2.18 bits per heavy atom. The van der Waals surface area contributed by atoms with Crippen LogP contribution in [0.3, 0.4) is 0 Å². The molecule has 0 aromatic heterocycles. The van der Waals surface area contributed by atoms with Gasteiger partial charge in [0.25, 0.3) is 0 Å². The maximum absolute atomic E-state index is 9.19. The molecule has 0 aliphatic carbocycles. The van der Waals surface area contributed by atoms with Crippen LogP contribution in [0.25, 0.3) is 0 Å². The number of benzene rings is 1. The highest BCUT2D eigenvalue weighted by Crippen LogP contribution is 2.32. The summed E-state index contributed by atoms with van der Waals surface area (Å²) < 4.78 is 5.53. The van der Waals surface area contributed by atoms with Crippen molar-refractivity contribution in [3.05, 3.63) is 29.3 Å². The first kappa shape index (κ1) is 11.0. The van der Waals surface area contributed by atoms with E-state index in [9.17, 15) is 5.11 Å². The molecule has 0 bridgehead atoms. The van der Waals surface area contributed by atoms with Crippen molar-refractivity contribution in [2.45, 2.75) is 12.7 Å². The van der Waals surface area contributed by atoms with Gasteiger partial charge in [0.2, 0.25) is 0 Å². The molecule has 0 spiro atoms. The van der Waals surface area contributed by atoms with Crippen molar-refractivity contribution >= 4 is 5.69 Å². The Kier molecular flexibility index (Phi) is 3.01. The molecule has 0 radical (unpaired) electrons. The van der Waals surface area contributed by atoms with Crippen LogP contribution in [0.5, 0.6) is 0 Å². The van der Waals surface area contributed by atoms with E-state index in [0.717, 1.165) is 31.7 Å². The number of nitrogens with one attached hydrogen (secondary N) is 1. The SMILES string of the molecule is OC[C@H]1OCc2cc(N3CCNCC3)ccc21. The molecule has 2 aliphatic heterocycles. The van der Waals surface area contributed by atoms with E-state index in [4.69, 9.17) is 4.74 Å². The van der Waals surface area contributed by atoms with Crippen LogP contribution in [-0.2, 0) is 11.3 Å². The molecule has 1 aromatic carbocycles. The molecule has 1 fully saturated rings. The number of anilines is 1. The van der Waals surface area contributed by atoms with Crippen molar-refractivity contribution in [2.24, 2.45) is 0 Å². The molecule has 17 heavy (non-hydrogen) atoms. The van der Waals surface area contributed by atoms with E-state index in [1.165, 1.54) is 11.3 Å². The van der Waals surface area contributed by atoms with E-state index >= 15 is 0 Å². The van der Waals surface area contributed by atoms with Gasteiger partial charge in [0.1, 0.15) is 6.10 Å². The van der Waals surface area contributed by atoms with Gasteiger partial charge in [-0.2, -0.15) is 0 Å². The molecule has 0 unspecified atom stereocenters. The first-order valence-corrected chi connectivity index (χ1v) is 6.19. The number of nitrogens with zero attached hydrogens (tertiary/aromatic N) is 1. The van der Waals surface area contributed by atoms with Crippen LogP contribution in [-0.4, -0.2) is 37.9 Å². The third kappa shape index (κ3) is 2.04. The van der Waals surface area contributed by atoms with Crippen molar-refractivity contribution in [1.82, 2.24) is 5.32 Å². The standard InChI is InChI=1S/C13H18N2O2/c16-8-13-12-2-1-11(7-10(12)9-17-13)15-5-3-14-4-6-15/h1-2,7,13-14,16H,3-6,8-9H2/t13-/m1/s1. The second kappa shape index (κ2) is 4.64. The quantitative estimate of drug-likeness (QED) is 0.789. The predicted molar refractivity (Wildman–Crippen MR) is 66.1 cm³/mol. The summed E-state index contributed by atoms with van der Waals surface area (Å²) in [6.07, 6.45) is -0.123. The maximum atomic E-state index is 9.19. The average molecular weight is 234 g/mol. The van der Waals surface area contributed by atoms with Crippen LogP contribution in [0.1, 0.15) is 17.2 Å². The minimum Gasteiger partial charge on any atom is -0.393 e. The third-order valence-electron chi connectivity index (χ3n) is 3.56. The molecule has 4 heteroatoms. The lowest BCUT2D eigenvalue weighted by molar-refractivity contribution is 0.0234. The van der Waals surface area contributed by atoms with E-state index in [1.54, 1.807) is 0 Å². The number of fused-ring (bicyclic) bond motifs is 1. The minimum absolute atomic E-state index is 0.0694. The van der Waals surface area contributed by atoms with Crippen molar-refractivity contribution < 1.29 is 9.84 Å². The normalized spacial score (nSPS) is 23.8. The van der Waals surface area contributed by atoms with Crippen LogP contribution >= 0.6 is 0 Å². The molecule has 2 heterocycles. The summed E-state index contributed by atoms with van der Waals surface area (Å²) in [5.41, 5.74) is 3.64.